The largest absolute Gasteiger partial charge is 0.213 e. The third-order valence-corrected chi connectivity index (χ3v) is 3.23. The molecule has 0 aliphatic carbocycles. The second-order valence-electron chi connectivity index (χ2n) is 5.23. The molecule has 21 heavy (non-hydrogen) atoms. The van der Waals surface area contributed by atoms with Crippen LogP contribution in [0, 0.1) is 0 Å². The zero-order valence-corrected chi connectivity index (χ0v) is 12.2. The molecule has 0 spiro atoms. The van der Waals surface area contributed by atoms with Crippen LogP contribution in [-0.2, 0) is 0 Å². The van der Waals surface area contributed by atoms with Crippen LogP contribution >= 0.6 is 0 Å². The van der Waals surface area contributed by atoms with Gasteiger partial charge in [0.1, 0.15) is 5.82 Å². The molecule has 0 N–H and O–H groups in total. The van der Waals surface area contributed by atoms with Crippen LogP contribution < -0.4 is 0 Å². The number of benzene rings is 2. The Morgan fingerprint density at radius 2 is 1.05 bits per heavy atom. The van der Waals surface area contributed by atoms with E-state index in [1.54, 1.807) is 0 Å². The Morgan fingerprint density at radius 3 is 1.43 bits per heavy atom. The van der Waals surface area contributed by atoms with Gasteiger partial charge in [0.05, 0.1) is 0 Å². The van der Waals surface area contributed by atoms with Crippen LogP contribution in [0.5, 0.6) is 0 Å². The second kappa shape index (κ2) is 5.83. The number of aromatic nitrogens is 3. The van der Waals surface area contributed by atoms with Gasteiger partial charge in [0.2, 0.25) is 0 Å². The van der Waals surface area contributed by atoms with Gasteiger partial charge in [-0.3, -0.25) is 0 Å². The quantitative estimate of drug-likeness (QED) is 0.714. The first kappa shape index (κ1) is 13.4. The van der Waals surface area contributed by atoms with Crippen LogP contribution in [0.3, 0.4) is 0 Å². The second-order valence-corrected chi connectivity index (χ2v) is 5.23. The van der Waals surface area contributed by atoms with E-state index in [-0.39, 0.29) is 5.92 Å². The van der Waals surface area contributed by atoms with Gasteiger partial charge in [-0.1, -0.05) is 74.5 Å². The fraction of sp³-hybridized carbons (Fsp3) is 0.167. The van der Waals surface area contributed by atoms with Crippen molar-refractivity contribution in [1.82, 2.24) is 15.0 Å². The standard InChI is InChI=1S/C18H17N3/c1-13(2)16-19-17(14-9-5-3-6-10-14)21-18(20-16)15-11-7-4-8-12-15/h3-13H,1-2H3. The molecule has 2 aromatic carbocycles. The zero-order chi connectivity index (χ0) is 14.7. The molecule has 0 unspecified atom stereocenters. The summed E-state index contributed by atoms with van der Waals surface area (Å²) in [6.45, 7) is 4.19. The lowest BCUT2D eigenvalue weighted by molar-refractivity contribution is 0.766. The molecule has 0 aliphatic rings. The molecule has 3 rings (SSSR count). The summed E-state index contributed by atoms with van der Waals surface area (Å²) in [6.07, 6.45) is 0. The molecule has 1 heterocycles. The molecule has 0 saturated heterocycles. The van der Waals surface area contributed by atoms with Crippen molar-refractivity contribution >= 4 is 0 Å². The molecular weight excluding hydrogens is 258 g/mol. The Bertz CT molecular complexity index is 664. The molecule has 0 radical (unpaired) electrons. The number of hydrogen-bond donors (Lipinski definition) is 0. The van der Waals surface area contributed by atoms with Crippen LogP contribution in [0.25, 0.3) is 22.8 Å². The molecule has 0 aliphatic heterocycles. The summed E-state index contributed by atoms with van der Waals surface area (Å²) in [5, 5.41) is 0. The van der Waals surface area contributed by atoms with Gasteiger partial charge in [-0.05, 0) is 0 Å². The number of hydrogen-bond acceptors (Lipinski definition) is 3. The molecule has 104 valence electrons. The summed E-state index contributed by atoms with van der Waals surface area (Å²) in [4.78, 5) is 13.8. The Kier molecular flexibility index (Phi) is 3.73. The van der Waals surface area contributed by atoms with E-state index in [9.17, 15) is 0 Å². The average molecular weight is 275 g/mol. The minimum absolute atomic E-state index is 0.262. The summed E-state index contributed by atoms with van der Waals surface area (Å²) >= 11 is 0. The van der Waals surface area contributed by atoms with Crippen LogP contribution in [0.2, 0.25) is 0 Å². The van der Waals surface area contributed by atoms with Crippen molar-refractivity contribution in [3.63, 3.8) is 0 Å². The van der Waals surface area contributed by atoms with Gasteiger partial charge >= 0.3 is 0 Å². The maximum Gasteiger partial charge on any atom is 0.163 e. The fourth-order valence-electron chi connectivity index (χ4n) is 2.08. The summed E-state index contributed by atoms with van der Waals surface area (Å²) in [5.41, 5.74) is 2.03. The van der Waals surface area contributed by atoms with Crippen molar-refractivity contribution in [3.05, 3.63) is 66.5 Å². The summed E-state index contributed by atoms with van der Waals surface area (Å²) < 4.78 is 0. The molecule has 3 heteroatoms. The van der Waals surface area contributed by atoms with Crippen molar-refractivity contribution in [2.45, 2.75) is 19.8 Å². The number of rotatable bonds is 3. The highest BCUT2D eigenvalue weighted by Crippen LogP contribution is 2.22. The fourth-order valence-corrected chi connectivity index (χ4v) is 2.08. The van der Waals surface area contributed by atoms with E-state index in [4.69, 9.17) is 0 Å². The van der Waals surface area contributed by atoms with Gasteiger partial charge in [-0.2, -0.15) is 0 Å². The summed E-state index contributed by atoms with van der Waals surface area (Å²) in [5.74, 6) is 2.54. The Balaban J connectivity index is 2.16. The molecular formula is C18H17N3. The van der Waals surface area contributed by atoms with Gasteiger partial charge in [0, 0.05) is 17.0 Å². The lowest BCUT2D eigenvalue weighted by Crippen LogP contribution is -2.04. The molecule has 1 aromatic heterocycles. The molecule has 0 bridgehead atoms. The van der Waals surface area contributed by atoms with E-state index in [1.165, 1.54) is 0 Å². The van der Waals surface area contributed by atoms with Crippen molar-refractivity contribution < 1.29 is 0 Å². The SMILES string of the molecule is CC(C)c1nc(-c2ccccc2)nc(-c2ccccc2)n1. The smallest absolute Gasteiger partial charge is 0.163 e. The minimum Gasteiger partial charge on any atom is -0.213 e. The van der Waals surface area contributed by atoms with E-state index in [0.717, 1.165) is 28.6 Å². The highest BCUT2D eigenvalue weighted by atomic mass is 15.0. The predicted octanol–water partition coefficient (Wildman–Crippen LogP) is 4.33. The maximum atomic E-state index is 4.63. The van der Waals surface area contributed by atoms with Crippen LogP contribution in [0.4, 0.5) is 0 Å². The monoisotopic (exact) mass is 275 g/mol. The third kappa shape index (κ3) is 2.97. The van der Waals surface area contributed by atoms with E-state index in [1.807, 2.05) is 60.7 Å². The van der Waals surface area contributed by atoms with Gasteiger partial charge in [-0.25, -0.2) is 15.0 Å². The Labute approximate surface area is 124 Å². The van der Waals surface area contributed by atoms with Gasteiger partial charge < -0.3 is 0 Å². The Morgan fingerprint density at radius 1 is 0.619 bits per heavy atom. The van der Waals surface area contributed by atoms with E-state index < -0.39 is 0 Å². The Hall–Kier alpha value is -2.55. The molecule has 3 nitrogen and oxygen atoms in total. The normalized spacial score (nSPS) is 10.8. The van der Waals surface area contributed by atoms with Crippen LogP contribution in [0.15, 0.2) is 60.7 Å². The van der Waals surface area contributed by atoms with E-state index >= 15 is 0 Å². The average Bonchev–Trinajstić information content (AvgIpc) is 2.56. The van der Waals surface area contributed by atoms with Gasteiger partial charge in [0.25, 0.3) is 0 Å². The first-order valence-corrected chi connectivity index (χ1v) is 7.11. The molecule has 0 fully saturated rings. The van der Waals surface area contributed by atoms with Crippen LogP contribution in [0.1, 0.15) is 25.6 Å². The first-order chi connectivity index (χ1) is 10.2. The molecule has 0 saturated carbocycles. The van der Waals surface area contributed by atoms with Gasteiger partial charge in [-0.15, -0.1) is 0 Å². The third-order valence-electron chi connectivity index (χ3n) is 3.23. The van der Waals surface area contributed by atoms with Crippen molar-refractivity contribution in [1.29, 1.82) is 0 Å². The topological polar surface area (TPSA) is 38.7 Å². The van der Waals surface area contributed by atoms with Crippen LogP contribution in [-0.4, -0.2) is 15.0 Å². The summed E-state index contributed by atoms with van der Waals surface area (Å²) in [7, 11) is 0. The number of nitrogens with zero attached hydrogens (tertiary/aromatic N) is 3. The van der Waals surface area contributed by atoms with E-state index in [0.29, 0.717) is 0 Å². The maximum absolute atomic E-state index is 4.63. The highest BCUT2D eigenvalue weighted by molar-refractivity contribution is 5.60. The zero-order valence-electron chi connectivity index (χ0n) is 12.2. The predicted molar refractivity (Wildman–Crippen MR) is 84.8 cm³/mol. The van der Waals surface area contributed by atoms with Crippen molar-refractivity contribution in [2.75, 3.05) is 0 Å². The first-order valence-electron chi connectivity index (χ1n) is 7.11. The highest BCUT2D eigenvalue weighted by Gasteiger charge is 2.12. The molecule has 3 aromatic rings. The lowest BCUT2D eigenvalue weighted by Gasteiger charge is -2.09. The lowest BCUT2D eigenvalue weighted by atomic mass is 10.1. The summed E-state index contributed by atoms with van der Waals surface area (Å²) in [6, 6.07) is 20.1. The minimum atomic E-state index is 0.262. The molecule has 0 atom stereocenters. The van der Waals surface area contributed by atoms with Gasteiger partial charge in [0.15, 0.2) is 11.6 Å². The van der Waals surface area contributed by atoms with Crippen molar-refractivity contribution in [2.24, 2.45) is 0 Å². The van der Waals surface area contributed by atoms with E-state index in [2.05, 4.69) is 28.8 Å². The molecule has 0 amide bonds. The van der Waals surface area contributed by atoms with Crippen molar-refractivity contribution in [3.8, 4) is 22.8 Å².